The maximum atomic E-state index is 13.0. The summed E-state index contributed by atoms with van der Waals surface area (Å²) in [6.45, 7) is 3.59. The number of halogens is 2. The van der Waals surface area contributed by atoms with Gasteiger partial charge in [0.1, 0.15) is 12.5 Å². The Morgan fingerprint density at radius 1 is 1.12 bits per heavy atom. The quantitative estimate of drug-likeness (QED) is 0.777. The molecule has 16 heavy (non-hydrogen) atoms. The summed E-state index contributed by atoms with van der Waals surface area (Å²) in [6, 6.07) is 6.63. The Labute approximate surface area is 94.5 Å². The fourth-order valence-electron chi connectivity index (χ4n) is 2.02. The number of benzene rings is 1. The van der Waals surface area contributed by atoms with Crippen molar-refractivity contribution in [1.29, 1.82) is 0 Å². The van der Waals surface area contributed by atoms with Gasteiger partial charge in [-0.25, -0.2) is 8.78 Å². The monoisotopic (exact) mass is 226 g/mol. The summed E-state index contributed by atoms with van der Waals surface area (Å²) in [5.74, 6) is -0.205. The molecule has 0 bridgehead atoms. The second kappa shape index (κ2) is 5.25. The Hall–Kier alpha value is -1.16. The van der Waals surface area contributed by atoms with E-state index in [0.717, 1.165) is 31.9 Å². The molecule has 0 saturated carbocycles. The second-order valence-corrected chi connectivity index (χ2v) is 4.00. The van der Waals surface area contributed by atoms with E-state index >= 15 is 0 Å². The molecule has 0 spiro atoms. The summed E-state index contributed by atoms with van der Waals surface area (Å²) < 4.78 is 25.2. The fraction of sp³-hybridized carbons (Fsp3) is 0.500. The first kappa shape index (κ1) is 11.3. The van der Waals surface area contributed by atoms with E-state index in [-0.39, 0.29) is 12.5 Å². The van der Waals surface area contributed by atoms with Crippen LogP contribution in [0.25, 0.3) is 0 Å². The molecule has 0 unspecified atom stereocenters. The molecule has 1 aromatic rings. The third-order valence-corrected chi connectivity index (χ3v) is 2.95. The number of rotatable bonds is 3. The zero-order chi connectivity index (χ0) is 11.4. The molecule has 1 aromatic carbocycles. The van der Waals surface area contributed by atoms with Crippen molar-refractivity contribution in [2.75, 3.05) is 44.3 Å². The summed E-state index contributed by atoms with van der Waals surface area (Å²) in [5, 5.41) is 0. The molecule has 1 heterocycles. The standard InChI is InChI=1S/C12H16F2N2/c13-4-5-15-6-8-16(9-7-15)12-3-1-2-11(14)10-12/h1-3,10H,4-9H2. The third kappa shape index (κ3) is 2.70. The molecule has 1 saturated heterocycles. The molecule has 2 rings (SSSR count). The Balaban J connectivity index is 1.94. The molecule has 0 atom stereocenters. The molecule has 1 fully saturated rings. The minimum absolute atomic E-state index is 0.205. The van der Waals surface area contributed by atoms with Gasteiger partial charge in [-0.1, -0.05) is 6.07 Å². The van der Waals surface area contributed by atoms with Crippen molar-refractivity contribution in [3.05, 3.63) is 30.1 Å². The van der Waals surface area contributed by atoms with Crippen LogP contribution in [-0.2, 0) is 0 Å². The Morgan fingerprint density at radius 3 is 2.50 bits per heavy atom. The van der Waals surface area contributed by atoms with Crippen LogP contribution in [0.15, 0.2) is 24.3 Å². The number of piperazine rings is 1. The lowest BCUT2D eigenvalue weighted by Gasteiger charge is -2.35. The van der Waals surface area contributed by atoms with Gasteiger partial charge in [-0.15, -0.1) is 0 Å². The smallest absolute Gasteiger partial charge is 0.125 e. The number of hydrogen-bond donors (Lipinski definition) is 0. The van der Waals surface area contributed by atoms with E-state index in [1.807, 2.05) is 6.07 Å². The van der Waals surface area contributed by atoms with Crippen LogP contribution in [0, 0.1) is 5.82 Å². The van der Waals surface area contributed by atoms with E-state index in [4.69, 9.17) is 0 Å². The molecule has 88 valence electrons. The lowest BCUT2D eigenvalue weighted by molar-refractivity contribution is 0.235. The highest BCUT2D eigenvalue weighted by atomic mass is 19.1. The Bertz CT molecular complexity index is 336. The fourth-order valence-corrected chi connectivity index (χ4v) is 2.02. The normalized spacial score (nSPS) is 17.8. The summed E-state index contributed by atoms with van der Waals surface area (Å²) in [5.41, 5.74) is 0.917. The zero-order valence-corrected chi connectivity index (χ0v) is 9.20. The highest BCUT2D eigenvalue weighted by Gasteiger charge is 2.16. The van der Waals surface area contributed by atoms with Crippen LogP contribution in [0.4, 0.5) is 14.5 Å². The average molecular weight is 226 g/mol. The molecule has 2 nitrogen and oxygen atoms in total. The molecule has 0 aromatic heterocycles. The molecule has 0 radical (unpaired) electrons. The highest BCUT2D eigenvalue weighted by molar-refractivity contribution is 5.46. The van der Waals surface area contributed by atoms with Gasteiger partial charge in [0.15, 0.2) is 0 Å². The summed E-state index contributed by atoms with van der Waals surface area (Å²) in [7, 11) is 0. The Kier molecular flexibility index (Phi) is 3.72. The largest absolute Gasteiger partial charge is 0.369 e. The lowest BCUT2D eigenvalue weighted by atomic mass is 10.2. The van der Waals surface area contributed by atoms with Crippen LogP contribution in [0.3, 0.4) is 0 Å². The SMILES string of the molecule is FCCN1CCN(c2cccc(F)c2)CC1. The zero-order valence-electron chi connectivity index (χ0n) is 9.20. The van der Waals surface area contributed by atoms with Gasteiger partial charge < -0.3 is 4.90 Å². The van der Waals surface area contributed by atoms with Gasteiger partial charge in [0.05, 0.1) is 0 Å². The van der Waals surface area contributed by atoms with E-state index in [9.17, 15) is 8.78 Å². The van der Waals surface area contributed by atoms with E-state index in [1.54, 1.807) is 12.1 Å². The van der Waals surface area contributed by atoms with Crippen molar-refractivity contribution in [3.8, 4) is 0 Å². The van der Waals surface area contributed by atoms with Crippen molar-refractivity contribution < 1.29 is 8.78 Å². The summed E-state index contributed by atoms with van der Waals surface area (Å²) in [6.07, 6.45) is 0. The topological polar surface area (TPSA) is 6.48 Å². The van der Waals surface area contributed by atoms with Crippen LogP contribution in [0.5, 0.6) is 0 Å². The van der Waals surface area contributed by atoms with Gasteiger partial charge in [0.25, 0.3) is 0 Å². The molecular formula is C12H16F2N2. The van der Waals surface area contributed by atoms with Crippen LogP contribution in [-0.4, -0.2) is 44.3 Å². The first-order valence-corrected chi connectivity index (χ1v) is 5.58. The van der Waals surface area contributed by atoms with E-state index in [2.05, 4.69) is 9.80 Å². The van der Waals surface area contributed by atoms with Crippen molar-refractivity contribution >= 4 is 5.69 Å². The van der Waals surface area contributed by atoms with Crippen molar-refractivity contribution in [2.45, 2.75) is 0 Å². The molecule has 4 heteroatoms. The average Bonchev–Trinajstić information content (AvgIpc) is 2.30. The van der Waals surface area contributed by atoms with Crippen LogP contribution in [0.1, 0.15) is 0 Å². The van der Waals surface area contributed by atoms with Crippen molar-refractivity contribution in [2.24, 2.45) is 0 Å². The van der Waals surface area contributed by atoms with Gasteiger partial charge in [-0.3, -0.25) is 4.90 Å². The van der Waals surface area contributed by atoms with Gasteiger partial charge in [0.2, 0.25) is 0 Å². The molecule has 1 aliphatic heterocycles. The van der Waals surface area contributed by atoms with Gasteiger partial charge in [-0.2, -0.15) is 0 Å². The number of hydrogen-bond acceptors (Lipinski definition) is 2. The van der Waals surface area contributed by atoms with E-state index in [1.165, 1.54) is 6.07 Å². The van der Waals surface area contributed by atoms with Gasteiger partial charge in [-0.05, 0) is 18.2 Å². The highest BCUT2D eigenvalue weighted by Crippen LogP contribution is 2.17. The maximum absolute atomic E-state index is 13.0. The van der Waals surface area contributed by atoms with Crippen LogP contribution in [0.2, 0.25) is 0 Å². The predicted octanol–water partition coefficient (Wildman–Crippen LogP) is 1.92. The number of anilines is 1. The van der Waals surface area contributed by atoms with Crippen molar-refractivity contribution in [3.63, 3.8) is 0 Å². The molecule has 1 aliphatic rings. The van der Waals surface area contributed by atoms with Crippen LogP contribution >= 0.6 is 0 Å². The van der Waals surface area contributed by atoms with E-state index < -0.39 is 0 Å². The number of alkyl halides is 1. The molecule has 0 amide bonds. The second-order valence-electron chi connectivity index (χ2n) is 4.00. The van der Waals surface area contributed by atoms with E-state index in [0.29, 0.717) is 6.54 Å². The first-order valence-electron chi connectivity index (χ1n) is 5.58. The number of nitrogens with zero attached hydrogens (tertiary/aromatic N) is 2. The Morgan fingerprint density at radius 2 is 1.88 bits per heavy atom. The minimum atomic E-state index is -0.292. The molecule has 0 aliphatic carbocycles. The maximum Gasteiger partial charge on any atom is 0.125 e. The van der Waals surface area contributed by atoms with Crippen molar-refractivity contribution in [1.82, 2.24) is 4.90 Å². The van der Waals surface area contributed by atoms with Gasteiger partial charge in [0, 0.05) is 38.4 Å². The lowest BCUT2D eigenvalue weighted by Crippen LogP contribution is -2.47. The van der Waals surface area contributed by atoms with Gasteiger partial charge >= 0.3 is 0 Å². The van der Waals surface area contributed by atoms with Crippen LogP contribution < -0.4 is 4.90 Å². The summed E-state index contributed by atoms with van der Waals surface area (Å²) >= 11 is 0. The minimum Gasteiger partial charge on any atom is -0.369 e. The molecule has 0 N–H and O–H groups in total. The summed E-state index contributed by atoms with van der Waals surface area (Å²) in [4.78, 5) is 4.23. The first-order chi connectivity index (χ1) is 7.79. The molecular weight excluding hydrogens is 210 g/mol. The predicted molar refractivity (Wildman–Crippen MR) is 61.0 cm³/mol. The third-order valence-electron chi connectivity index (χ3n) is 2.95.